The van der Waals surface area contributed by atoms with E-state index in [4.69, 9.17) is 45.6 Å². The standard InChI is InChI=1S/C24H41N3O15/c1-2-3-4-5-11(31)41-24(8-30)20(35)17(34)14(27)23(42-24)40-19-10(7-29)38-22(13(26)16(19)33)39-18-9(6-28)37-21(36)12(25)15(18)32/h2-5,9-10,12-23,28-30,32-36H,6-8,25-27H2,1H3/b3-2+,5-4+/t9-,10-,12-,13-,14-,15-,16-,17-,18?,19?,20+,21-,22+,23+,24+/m1/s1. The summed E-state index contributed by atoms with van der Waals surface area (Å²) in [4.78, 5) is 12.3. The molecule has 242 valence electrons. The smallest absolute Gasteiger partial charge is 0.333 e. The number of carbonyl (C=O) groups excluding carboxylic acids is 1. The summed E-state index contributed by atoms with van der Waals surface area (Å²) in [6.07, 6.45) is -12.2. The van der Waals surface area contributed by atoms with Crippen LogP contribution in [0.4, 0.5) is 0 Å². The highest BCUT2D eigenvalue weighted by Crippen LogP contribution is 2.34. The minimum absolute atomic E-state index is 0.696. The van der Waals surface area contributed by atoms with Gasteiger partial charge in [-0.25, -0.2) is 4.79 Å². The molecular formula is C24H41N3O15. The van der Waals surface area contributed by atoms with Crippen LogP contribution in [0.3, 0.4) is 0 Å². The molecule has 18 nitrogen and oxygen atoms in total. The third kappa shape index (κ3) is 7.16. The van der Waals surface area contributed by atoms with E-state index in [1.807, 2.05) is 0 Å². The Balaban J connectivity index is 1.78. The number of hydrogen-bond donors (Lipinski definition) is 11. The average molecular weight is 612 g/mol. The van der Waals surface area contributed by atoms with E-state index in [0.717, 1.165) is 6.08 Å². The van der Waals surface area contributed by atoms with E-state index in [0.29, 0.717) is 0 Å². The van der Waals surface area contributed by atoms with E-state index in [1.165, 1.54) is 12.2 Å². The van der Waals surface area contributed by atoms with E-state index in [-0.39, 0.29) is 0 Å². The van der Waals surface area contributed by atoms with Crippen molar-refractivity contribution < 1.29 is 74.1 Å². The van der Waals surface area contributed by atoms with Crippen LogP contribution < -0.4 is 17.2 Å². The number of aliphatic hydroxyl groups excluding tert-OH is 8. The molecule has 0 spiro atoms. The highest BCUT2D eigenvalue weighted by molar-refractivity contribution is 5.82. The van der Waals surface area contributed by atoms with Crippen molar-refractivity contribution >= 4 is 5.97 Å². The summed E-state index contributed by atoms with van der Waals surface area (Å²) in [5.74, 6) is -3.60. The van der Waals surface area contributed by atoms with Crippen molar-refractivity contribution in [1.82, 2.24) is 0 Å². The molecule has 0 aliphatic carbocycles. The zero-order chi connectivity index (χ0) is 31.4. The molecule has 0 amide bonds. The molecule has 3 aliphatic rings. The number of rotatable bonds is 10. The van der Waals surface area contributed by atoms with Gasteiger partial charge in [0.05, 0.1) is 31.3 Å². The molecule has 0 aromatic carbocycles. The Morgan fingerprint density at radius 3 is 1.93 bits per heavy atom. The fourth-order valence-corrected chi connectivity index (χ4v) is 4.75. The molecule has 3 saturated heterocycles. The van der Waals surface area contributed by atoms with Crippen LogP contribution in [0.25, 0.3) is 0 Å². The highest BCUT2D eigenvalue weighted by Gasteiger charge is 2.58. The first-order chi connectivity index (χ1) is 19.8. The second kappa shape index (κ2) is 14.9. The lowest BCUT2D eigenvalue weighted by Gasteiger charge is -2.50. The van der Waals surface area contributed by atoms with Crippen LogP contribution in [0, 0.1) is 0 Å². The summed E-state index contributed by atoms with van der Waals surface area (Å²) < 4.78 is 32.9. The van der Waals surface area contributed by atoms with Gasteiger partial charge in [0.2, 0.25) is 0 Å². The summed E-state index contributed by atoms with van der Waals surface area (Å²) in [5, 5.41) is 82.1. The van der Waals surface area contributed by atoms with Gasteiger partial charge in [-0.05, 0) is 6.92 Å². The van der Waals surface area contributed by atoms with Crippen molar-refractivity contribution in [2.45, 2.75) is 98.5 Å². The lowest BCUT2D eigenvalue weighted by molar-refractivity contribution is -0.398. The predicted molar refractivity (Wildman–Crippen MR) is 136 cm³/mol. The van der Waals surface area contributed by atoms with Crippen molar-refractivity contribution in [3.63, 3.8) is 0 Å². The van der Waals surface area contributed by atoms with Crippen LogP contribution in [0.1, 0.15) is 6.92 Å². The number of nitrogens with two attached hydrogens (primary N) is 3. The van der Waals surface area contributed by atoms with Gasteiger partial charge >= 0.3 is 5.97 Å². The monoisotopic (exact) mass is 611 g/mol. The molecule has 0 aromatic rings. The maximum absolute atomic E-state index is 12.3. The van der Waals surface area contributed by atoms with Gasteiger partial charge in [0.25, 0.3) is 5.79 Å². The summed E-state index contributed by atoms with van der Waals surface area (Å²) >= 11 is 0. The summed E-state index contributed by atoms with van der Waals surface area (Å²) in [6, 6.07) is -4.29. The topological polar surface area (TPSA) is 312 Å². The van der Waals surface area contributed by atoms with Crippen LogP contribution in [-0.4, -0.2) is 158 Å². The molecule has 3 fully saturated rings. The zero-order valence-corrected chi connectivity index (χ0v) is 22.7. The van der Waals surface area contributed by atoms with Gasteiger partial charge in [0.1, 0.15) is 55.4 Å². The van der Waals surface area contributed by atoms with Crippen LogP contribution >= 0.6 is 0 Å². The third-order valence-corrected chi connectivity index (χ3v) is 7.23. The van der Waals surface area contributed by atoms with E-state index in [9.17, 15) is 45.6 Å². The summed E-state index contributed by atoms with van der Waals surface area (Å²) in [6.45, 7) is -0.943. The SMILES string of the molecule is C/C=C/C=C/C(=O)O[C@@]1(CO)O[C@H](OC2[C@@H](CO)O[C@@H](OC3[C@@H](CO)O[C@@H](O)[C@H](N)[C@H]3O)[C@H](N)[C@H]2O)[C@H](N)[C@@H](O)[C@@H]1O. The Hall–Kier alpha value is -1.69. The molecular weight excluding hydrogens is 570 g/mol. The van der Waals surface area contributed by atoms with E-state index in [1.54, 1.807) is 13.0 Å². The van der Waals surface area contributed by atoms with E-state index >= 15 is 0 Å². The summed E-state index contributed by atoms with van der Waals surface area (Å²) in [7, 11) is 0. The van der Waals surface area contributed by atoms with E-state index in [2.05, 4.69) is 0 Å². The van der Waals surface area contributed by atoms with Crippen LogP contribution in [-0.2, 0) is 33.2 Å². The molecule has 42 heavy (non-hydrogen) atoms. The van der Waals surface area contributed by atoms with Gasteiger partial charge in [0, 0.05) is 6.08 Å². The molecule has 18 heteroatoms. The van der Waals surface area contributed by atoms with Gasteiger partial charge in [0.15, 0.2) is 18.9 Å². The number of hydrogen-bond acceptors (Lipinski definition) is 18. The van der Waals surface area contributed by atoms with Crippen molar-refractivity contribution in [3.8, 4) is 0 Å². The molecule has 0 bridgehead atoms. The van der Waals surface area contributed by atoms with Crippen molar-refractivity contribution in [2.75, 3.05) is 19.8 Å². The van der Waals surface area contributed by atoms with Gasteiger partial charge < -0.3 is 86.5 Å². The minimum atomic E-state index is -2.54. The molecule has 15 atom stereocenters. The first kappa shape index (κ1) is 34.8. The number of carbonyl (C=O) groups is 1. The van der Waals surface area contributed by atoms with Gasteiger partial charge in [-0.2, -0.15) is 0 Å². The van der Waals surface area contributed by atoms with Gasteiger partial charge in [-0.3, -0.25) is 0 Å². The van der Waals surface area contributed by atoms with Gasteiger partial charge in [-0.1, -0.05) is 18.2 Å². The zero-order valence-electron chi connectivity index (χ0n) is 22.7. The fraction of sp³-hybridized carbons (Fsp3) is 0.792. The number of esters is 1. The predicted octanol–water partition coefficient (Wildman–Crippen LogP) is -6.67. The Morgan fingerprint density at radius 2 is 1.36 bits per heavy atom. The van der Waals surface area contributed by atoms with Crippen LogP contribution in [0.5, 0.6) is 0 Å². The largest absolute Gasteiger partial charge is 0.424 e. The number of aliphatic hydroxyl groups is 8. The molecule has 0 aromatic heterocycles. The van der Waals surface area contributed by atoms with Crippen molar-refractivity contribution in [3.05, 3.63) is 24.3 Å². The molecule has 0 radical (unpaired) electrons. The fourth-order valence-electron chi connectivity index (χ4n) is 4.75. The highest BCUT2D eigenvalue weighted by atomic mass is 16.8. The Bertz CT molecular complexity index is 941. The summed E-state index contributed by atoms with van der Waals surface area (Å²) in [5.41, 5.74) is 17.8. The second-order valence-corrected chi connectivity index (χ2v) is 10.1. The third-order valence-electron chi connectivity index (χ3n) is 7.23. The maximum Gasteiger partial charge on any atom is 0.333 e. The van der Waals surface area contributed by atoms with Gasteiger partial charge in [-0.15, -0.1) is 0 Å². The van der Waals surface area contributed by atoms with Crippen LogP contribution in [0.15, 0.2) is 24.3 Å². The normalized spacial score (nSPS) is 46.8. The Kier molecular flexibility index (Phi) is 12.3. The number of allylic oxidation sites excluding steroid dienone is 3. The second-order valence-electron chi connectivity index (χ2n) is 10.1. The van der Waals surface area contributed by atoms with E-state index < -0.39 is 117 Å². The first-order valence-corrected chi connectivity index (χ1v) is 13.2. The Morgan fingerprint density at radius 1 is 0.810 bits per heavy atom. The molecule has 3 aliphatic heterocycles. The molecule has 14 N–H and O–H groups in total. The molecule has 3 heterocycles. The van der Waals surface area contributed by atoms with Crippen molar-refractivity contribution in [1.29, 1.82) is 0 Å². The first-order valence-electron chi connectivity index (χ1n) is 13.2. The van der Waals surface area contributed by atoms with Crippen LogP contribution in [0.2, 0.25) is 0 Å². The minimum Gasteiger partial charge on any atom is -0.424 e. The lowest BCUT2D eigenvalue weighted by atomic mass is 9.93. The Labute approximate surface area is 240 Å². The quantitative estimate of drug-likeness (QED) is 0.0621. The average Bonchev–Trinajstić information content (AvgIpc) is 2.97. The maximum atomic E-state index is 12.3. The molecule has 2 unspecified atom stereocenters. The molecule has 0 saturated carbocycles. The molecule has 3 rings (SSSR count). The lowest BCUT2D eigenvalue weighted by Crippen LogP contribution is -2.72. The number of ether oxygens (including phenoxy) is 6. The van der Waals surface area contributed by atoms with Crippen molar-refractivity contribution in [2.24, 2.45) is 17.2 Å².